The van der Waals surface area contributed by atoms with Gasteiger partial charge in [-0.1, -0.05) is 19.9 Å². The predicted molar refractivity (Wildman–Crippen MR) is 88.1 cm³/mol. The number of fused-ring (bicyclic) bond motifs is 1. The lowest BCUT2D eigenvalue weighted by molar-refractivity contribution is -0.129. The van der Waals surface area contributed by atoms with Crippen molar-refractivity contribution in [1.82, 2.24) is 9.21 Å². The van der Waals surface area contributed by atoms with Gasteiger partial charge in [-0.2, -0.15) is 4.31 Å². The molecule has 2 aliphatic rings. The third-order valence-electron chi connectivity index (χ3n) is 5.11. The summed E-state index contributed by atoms with van der Waals surface area (Å²) in [4.78, 5) is 13.6. The predicted octanol–water partition coefficient (Wildman–Crippen LogP) is 2.22. The molecule has 0 saturated carbocycles. The van der Waals surface area contributed by atoms with Crippen molar-refractivity contribution < 1.29 is 13.2 Å². The van der Waals surface area contributed by atoms with E-state index in [9.17, 15) is 13.2 Å². The molecule has 3 rings (SSSR count). The molecule has 1 atom stereocenters. The summed E-state index contributed by atoms with van der Waals surface area (Å²) in [5.41, 5.74) is 1.99. The highest BCUT2D eigenvalue weighted by atomic mass is 32.2. The van der Waals surface area contributed by atoms with Gasteiger partial charge in [0.2, 0.25) is 15.9 Å². The van der Waals surface area contributed by atoms with Crippen LogP contribution in [0.3, 0.4) is 0 Å². The Morgan fingerprint density at radius 3 is 2.52 bits per heavy atom. The van der Waals surface area contributed by atoms with Crippen LogP contribution in [0, 0.1) is 11.8 Å². The van der Waals surface area contributed by atoms with E-state index in [-0.39, 0.29) is 5.91 Å². The van der Waals surface area contributed by atoms with E-state index >= 15 is 0 Å². The minimum absolute atomic E-state index is 0.0184. The van der Waals surface area contributed by atoms with Gasteiger partial charge in [-0.05, 0) is 41.5 Å². The standard InChI is InChI=1S/C17H24N2O3S/c1-12(2)14-6-7-19(11-14)23(21,22)17-5-4-15-9-18(13(3)20)10-16(15)8-17/h4-5,8,12,14H,6-7,9-11H2,1-3H3. The molecular weight excluding hydrogens is 312 g/mol. The highest BCUT2D eigenvalue weighted by Gasteiger charge is 2.34. The number of amides is 1. The Kier molecular flexibility index (Phi) is 4.23. The van der Waals surface area contributed by atoms with Crippen molar-refractivity contribution in [2.24, 2.45) is 11.8 Å². The van der Waals surface area contributed by atoms with Crippen LogP contribution in [0.5, 0.6) is 0 Å². The average Bonchev–Trinajstić information content (AvgIpc) is 3.13. The molecule has 0 bridgehead atoms. The topological polar surface area (TPSA) is 57.7 Å². The monoisotopic (exact) mass is 336 g/mol. The first-order chi connectivity index (χ1) is 10.8. The highest BCUT2D eigenvalue weighted by Crippen LogP contribution is 2.31. The molecule has 2 heterocycles. The third kappa shape index (κ3) is 3.02. The van der Waals surface area contributed by atoms with E-state index in [4.69, 9.17) is 0 Å². The van der Waals surface area contributed by atoms with Crippen molar-refractivity contribution in [2.75, 3.05) is 13.1 Å². The fourth-order valence-corrected chi connectivity index (χ4v) is 4.98. The van der Waals surface area contributed by atoms with E-state index in [0.29, 0.717) is 42.9 Å². The van der Waals surface area contributed by atoms with Crippen LogP contribution in [0.4, 0.5) is 0 Å². The van der Waals surface area contributed by atoms with E-state index in [1.807, 2.05) is 6.07 Å². The van der Waals surface area contributed by atoms with Crippen LogP contribution in [-0.4, -0.2) is 36.6 Å². The first kappa shape index (κ1) is 16.5. The fraction of sp³-hybridized carbons (Fsp3) is 0.588. The largest absolute Gasteiger partial charge is 0.334 e. The summed E-state index contributed by atoms with van der Waals surface area (Å²) in [7, 11) is -3.43. The van der Waals surface area contributed by atoms with Gasteiger partial charge in [-0.15, -0.1) is 0 Å². The van der Waals surface area contributed by atoms with Gasteiger partial charge < -0.3 is 4.90 Å². The van der Waals surface area contributed by atoms with Crippen molar-refractivity contribution in [3.05, 3.63) is 29.3 Å². The van der Waals surface area contributed by atoms with E-state index < -0.39 is 10.0 Å². The molecule has 0 aliphatic carbocycles. The molecule has 6 heteroatoms. The summed E-state index contributed by atoms with van der Waals surface area (Å²) in [6.07, 6.45) is 0.931. The molecule has 5 nitrogen and oxygen atoms in total. The Labute approximate surface area is 138 Å². The first-order valence-electron chi connectivity index (χ1n) is 8.16. The van der Waals surface area contributed by atoms with E-state index in [0.717, 1.165) is 17.5 Å². The summed E-state index contributed by atoms with van der Waals surface area (Å²) in [5, 5.41) is 0. The Hall–Kier alpha value is -1.40. The lowest BCUT2D eigenvalue weighted by atomic mass is 9.96. The van der Waals surface area contributed by atoms with Gasteiger partial charge in [-0.3, -0.25) is 4.79 Å². The van der Waals surface area contributed by atoms with Crippen LogP contribution in [0.2, 0.25) is 0 Å². The number of hydrogen-bond acceptors (Lipinski definition) is 3. The van der Waals surface area contributed by atoms with E-state index in [1.54, 1.807) is 28.3 Å². The van der Waals surface area contributed by atoms with Crippen LogP contribution in [0.25, 0.3) is 0 Å². The van der Waals surface area contributed by atoms with Crippen LogP contribution in [0.1, 0.15) is 38.3 Å². The lowest BCUT2D eigenvalue weighted by Crippen LogP contribution is -2.29. The summed E-state index contributed by atoms with van der Waals surface area (Å²) in [6, 6.07) is 5.28. The zero-order chi connectivity index (χ0) is 16.8. The summed E-state index contributed by atoms with van der Waals surface area (Å²) < 4.78 is 27.3. The maximum atomic E-state index is 12.9. The third-order valence-corrected chi connectivity index (χ3v) is 6.97. The number of carbonyl (C=O) groups is 1. The second-order valence-electron chi connectivity index (χ2n) is 6.96. The highest BCUT2D eigenvalue weighted by molar-refractivity contribution is 7.89. The van der Waals surface area contributed by atoms with Crippen LogP contribution < -0.4 is 0 Å². The number of sulfonamides is 1. The molecule has 1 unspecified atom stereocenters. The molecule has 2 aliphatic heterocycles. The van der Waals surface area contributed by atoms with Gasteiger partial charge in [0, 0.05) is 33.1 Å². The zero-order valence-corrected chi connectivity index (χ0v) is 14.8. The molecule has 1 fully saturated rings. The number of benzene rings is 1. The Bertz CT molecular complexity index is 727. The molecule has 126 valence electrons. The quantitative estimate of drug-likeness (QED) is 0.850. The van der Waals surface area contributed by atoms with E-state index in [2.05, 4.69) is 13.8 Å². The van der Waals surface area contributed by atoms with Crippen molar-refractivity contribution in [2.45, 2.75) is 45.2 Å². The first-order valence-corrected chi connectivity index (χ1v) is 9.60. The molecule has 1 aromatic carbocycles. The van der Waals surface area contributed by atoms with Crippen molar-refractivity contribution in [3.8, 4) is 0 Å². The molecular formula is C17H24N2O3S. The molecule has 0 radical (unpaired) electrons. The number of rotatable bonds is 3. The zero-order valence-electron chi connectivity index (χ0n) is 13.9. The molecule has 23 heavy (non-hydrogen) atoms. The van der Waals surface area contributed by atoms with Gasteiger partial charge in [0.05, 0.1) is 4.90 Å². The second kappa shape index (κ2) is 5.91. The van der Waals surface area contributed by atoms with E-state index in [1.165, 1.54) is 0 Å². The van der Waals surface area contributed by atoms with Crippen LogP contribution in [0.15, 0.2) is 23.1 Å². The lowest BCUT2D eigenvalue weighted by Gasteiger charge is -2.18. The summed E-state index contributed by atoms with van der Waals surface area (Å²) in [5.74, 6) is 0.955. The number of hydrogen-bond donors (Lipinski definition) is 0. The smallest absolute Gasteiger partial charge is 0.243 e. The Morgan fingerprint density at radius 2 is 1.91 bits per heavy atom. The summed E-state index contributed by atoms with van der Waals surface area (Å²) in [6.45, 7) is 8.12. The van der Waals surface area contributed by atoms with Crippen LogP contribution in [-0.2, 0) is 27.9 Å². The summed E-state index contributed by atoms with van der Waals surface area (Å²) >= 11 is 0. The van der Waals surface area contributed by atoms with Crippen LogP contribution >= 0.6 is 0 Å². The number of carbonyl (C=O) groups excluding carboxylic acids is 1. The molecule has 1 amide bonds. The minimum atomic E-state index is -3.43. The second-order valence-corrected chi connectivity index (χ2v) is 8.90. The molecule has 0 N–H and O–H groups in total. The molecule has 0 spiro atoms. The van der Waals surface area contributed by atoms with Crippen molar-refractivity contribution >= 4 is 15.9 Å². The van der Waals surface area contributed by atoms with Gasteiger partial charge in [0.15, 0.2) is 0 Å². The molecule has 0 aromatic heterocycles. The Balaban J connectivity index is 1.83. The maximum Gasteiger partial charge on any atom is 0.243 e. The SMILES string of the molecule is CC(=O)N1Cc2ccc(S(=O)(=O)N3CCC(C(C)C)C3)cc2C1. The van der Waals surface area contributed by atoms with Gasteiger partial charge in [-0.25, -0.2) is 8.42 Å². The van der Waals surface area contributed by atoms with Crippen molar-refractivity contribution in [1.29, 1.82) is 0 Å². The fourth-order valence-electron chi connectivity index (χ4n) is 3.42. The van der Waals surface area contributed by atoms with Gasteiger partial charge in [0.25, 0.3) is 0 Å². The minimum Gasteiger partial charge on any atom is -0.334 e. The normalized spacial score (nSPS) is 21.9. The molecule has 1 aromatic rings. The van der Waals surface area contributed by atoms with Gasteiger partial charge >= 0.3 is 0 Å². The van der Waals surface area contributed by atoms with Crippen molar-refractivity contribution in [3.63, 3.8) is 0 Å². The maximum absolute atomic E-state index is 12.9. The Morgan fingerprint density at radius 1 is 1.22 bits per heavy atom. The number of nitrogens with zero attached hydrogens (tertiary/aromatic N) is 2. The average molecular weight is 336 g/mol. The molecule has 1 saturated heterocycles. The van der Waals surface area contributed by atoms with Gasteiger partial charge in [0.1, 0.15) is 0 Å².